The third-order valence-electron chi connectivity index (χ3n) is 3.16. The number of halogens is 1. The van der Waals surface area contributed by atoms with Crippen LogP contribution in [0.1, 0.15) is 23.2 Å². The molecule has 106 valence electrons. The molecule has 1 atom stereocenters. The molecular weight excluding hydrogens is 375 g/mol. The molecule has 0 radical (unpaired) electrons. The SMILES string of the molecule is CN1C(=O)CCC(NC(=O)c2ccc(I)c(O)c2)C1=O. The van der Waals surface area contributed by atoms with Crippen molar-refractivity contribution in [3.05, 3.63) is 27.3 Å². The van der Waals surface area contributed by atoms with E-state index in [2.05, 4.69) is 5.32 Å². The van der Waals surface area contributed by atoms with Crippen molar-refractivity contribution in [2.45, 2.75) is 18.9 Å². The number of amides is 3. The number of rotatable bonds is 2. The normalized spacial score (nSPS) is 19.1. The number of carbonyl (C=O) groups is 3. The van der Waals surface area contributed by atoms with Gasteiger partial charge < -0.3 is 10.4 Å². The molecule has 1 heterocycles. The van der Waals surface area contributed by atoms with Crippen LogP contribution in [0.15, 0.2) is 18.2 Å². The van der Waals surface area contributed by atoms with E-state index in [0.29, 0.717) is 9.99 Å². The number of phenols is 1. The number of likely N-dealkylation sites (N-methyl/N-ethyl adjacent to an activating group) is 1. The zero-order valence-electron chi connectivity index (χ0n) is 10.7. The average molecular weight is 388 g/mol. The molecule has 7 heteroatoms. The average Bonchev–Trinajstić information content (AvgIpc) is 2.42. The molecule has 3 amide bonds. The van der Waals surface area contributed by atoms with Gasteiger partial charge in [0.05, 0.1) is 3.57 Å². The molecule has 1 fully saturated rings. The summed E-state index contributed by atoms with van der Waals surface area (Å²) < 4.78 is 0.637. The highest BCUT2D eigenvalue weighted by Gasteiger charge is 2.32. The minimum absolute atomic E-state index is 0.0144. The van der Waals surface area contributed by atoms with Gasteiger partial charge in [0, 0.05) is 19.0 Å². The second-order valence-corrected chi connectivity index (χ2v) is 5.68. The van der Waals surface area contributed by atoms with Gasteiger partial charge in [0.1, 0.15) is 11.8 Å². The monoisotopic (exact) mass is 388 g/mol. The first-order valence-corrected chi connectivity index (χ1v) is 7.08. The third kappa shape index (κ3) is 2.92. The van der Waals surface area contributed by atoms with Crippen LogP contribution in [0.5, 0.6) is 5.75 Å². The van der Waals surface area contributed by atoms with Crippen LogP contribution < -0.4 is 5.32 Å². The third-order valence-corrected chi connectivity index (χ3v) is 4.08. The zero-order valence-corrected chi connectivity index (χ0v) is 12.9. The number of likely N-dealkylation sites (tertiary alicyclic amines) is 1. The predicted molar refractivity (Wildman–Crippen MR) is 79.1 cm³/mol. The lowest BCUT2D eigenvalue weighted by atomic mass is 10.0. The van der Waals surface area contributed by atoms with Crippen LogP contribution in [0, 0.1) is 3.57 Å². The van der Waals surface area contributed by atoms with Gasteiger partial charge in [-0.05, 0) is 47.2 Å². The van der Waals surface area contributed by atoms with E-state index in [9.17, 15) is 19.5 Å². The number of imide groups is 1. The van der Waals surface area contributed by atoms with Crippen molar-refractivity contribution in [3.63, 3.8) is 0 Å². The quantitative estimate of drug-likeness (QED) is 0.582. The summed E-state index contributed by atoms with van der Waals surface area (Å²) in [5, 5.41) is 12.2. The van der Waals surface area contributed by atoms with Gasteiger partial charge >= 0.3 is 0 Å². The van der Waals surface area contributed by atoms with Gasteiger partial charge in [-0.25, -0.2) is 0 Å². The summed E-state index contributed by atoms with van der Waals surface area (Å²) in [6, 6.07) is 3.83. The number of phenolic OH excluding ortho intramolecular Hbond substituents is 1. The lowest BCUT2D eigenvalue weighted by Crippen LogP contribution is -2.52. The highest BCUT2D eigenvalue weighted by molar-refractivity contribution is 14.1. The smallest absolute Gasteiger partial charge is 0.252 e. The lowest BCUT2D eigenvalue weighted by Gasteiger charge is -2.28. The maximum atomic E-state index is 12.0. The van der Waals surface area contributed by atoms with Crippen LogP contribution in [0.3, 0.4) is 0 Å². The Balaban J connectivity index is 2.09. The van der Waals surface area contributed by atoms with Gasteiger partial charge in [-0.2, -0.15) is 0 Å². The number of nitrogens with zero attached hydrogens (tertiary/aromatic N) is 1. The Morgan fingerprint density at radius 2 is 2.15 bits per heavy atom. The van der Waals surface area contributed by atoms with E-state index in [1.807, 2.05) is 22.6 Å². The van der Waals surface area contributed by atoms with Crippen molar-refractivity contribution in [1.82, 2.24) is 10.2 Å². The molecule has 20 heavy (non-hydrogen) atoms. The number of aromatic hydroxyl groups is 1. The Bertz CT molecular complexity index is 588. The lowest BCUT2D eigenvalue weighted by molar-refractivity contribution is -0.147. The summed E-state index contributed by atoms with van der Waals surface area (Å²) in [6.45, 7) is 0. The fraction of sp³-hybridized carbons (Fsp3) is 0.308. The van der Waals surface area contributed by atoms with Crippen LogP contribution >= 0.6 is 22.6 Å². The van der Waals surface area contributed by atoms with Gasteiger partial charge in [-0.1, -0.05) is 0 Å². The predicted octanol–water partition coefficient (Wildman–Crippen LogP) is 0.874. The first-order valence-electron chi connectivity index (χ1n) is 6.00. The molecule has 0 spiro atoms. The first kappa shape index (κ1) is 14.8. The summed E-state index contributed by atoms with van der Waals surface area (Å²) >= 11 is 1.95. The van der Waals surface area contributed by atoms with Crippen molar-refractivity contribution in [2.24, 2.45) is 0 Å². The molecule has 1 aromatic carbocycles. The van der Waals surface area contributed by atoms with Crippen molar-refractivity contribution in [2.75, 3.05) is 7.05 Å². The molecule has 6 nitrogen and oxygen atoms in total. The summed E-state index contributed by atoms with van der Waals surface area (Å²) in [7, 11) is 1.40. The van der Waals surface area contributed by atoms with Crippen LogP contribution in [0.2, 0.25) is 0 Å². The van der Waals surface area contributed by atoms with E-state index < -0.39 is 17.9 Å². The van der Waals surface area contributed by atoms with Crippen molar-refractivity contribution in [1.29, 1.82) is 0 Å². The Hall–Kier alpha value is -1.64. The number of hydrogen-bond acceptors (Lipinski definition) is 4. The molecule has 0 aliphatic carbocycles. The molecule has 1 saturated heterocycles. The standard InChI is InChI=1S/C13H13IN2O4/c1-16-11(18)5-4-9(13(16)20)15-12(19)7-2-3-8(14)10(17)6-7/h2-3,6,9,17H,4-5H2,1H3,(H,15,19). The van der Waals surface area contributed by atoms with Crippen molar-refractivity contribution >= 4 is 40.3 Å². The van der Waals surface area contributed by atoms with Gasteiger partial charge in [-0.15, -0.1) is 0 Å². The summed E-state index contributed by atoms with van der Waals surface area (Å²) in [4.78, 5) is 36.3. The van der Waals surface area contributed by atoms with Crippen LogP contribution in [-0.4, -0.2) is 40.8 Å². The maximum absolute atomic E-state index is 12.0. The van der Waals surface area contributed by atoms with E-state index in [4.69, 9.17) is 0 Å². The van der Waals surface area contributed by atoms with Crippen LogP contribution in [-0.2, 0) is 9.59 Å². The van der Waals surface area contributed by atoms with Crippen LogP contribution in [0.25, 0.3) is 0 Å². The highest BCUT2D eigenvalue weighted by atomic mass is 127. The minimum Gasteiger partial charge on any atom is -0.507 e. The number of benzene rings is 1. The van der Waals surface area contributed by atoms with E-state index in [1.54, 1.807) is 12.1 Å². The van der Waals surface area contributed by atoms with Crippen molar-refractivity contribution in [3.8, 4) is 5.75 Å². The summed E-state index contributed by atoms with van der Waals surface area (Å²) in [5.41, 5.74) is 0.273. The summed E-state index contributed by atoms with van der Waals surface area (Å²) in [5.74, 6) is -1.09. The van der Waals surface area contributed by atoms with Gasteiger partial charge in [0.15, 0.2) is 0 Å². The Morgan fingerprint density at radius 3 is 2.80 bits per heavy atom. The van der Waals surface area contributed by atoms with E-state index in [1.165, 1.54) is 13.1 Å². The minimum atomic E-state index is -0.702. The molecule has 1 unspecified atom stereocenters. The molecule has 2 rings (SSSR count). The fourth-order valence-electron chi connectivity index (χ4n) is 1.95. The Kier molecular flexibility index (Phi) is 4.26. The van der Waals surface area contributed by atoms with E-state index in [0.717, 1.165) is 4.90 Å². The van der Waals surface area contributed by atoms with Crippen LogP contribution in [0.4, 0.5) is 0 Å². The molecule has 0 saturated carbocycles. The zero-order chi connectivity index (χ0) is 14.9. The van der Waals surface area contributed by atoms with Crippen molar-refractivity contribution < 1.29 is 19.5 Å². The number of piperidine rings is 1. The molecule has 0 aromatic heterocycles. The number of nitrogens with one attached hydrogen (secondary N) is 1. The maximum Gasteiger partial charge on any atom is 0.252 e. The van der Waals surface area contributed by atoms with E-state index >= 15 is 0 Å². The Morgan fingerprint density at radius 1 is 1.45 bits per heavy atom. The number of carbonyl (C=O) groups excluding carboxylic acids is 3. The molecule has 2 N–H and O–H groups in total. The molecule has 0 bridgehead atoms. The fourth-order valence-corrected chi connectivity index (χ4v) is 2.28. The topological polar surface area (TPSA) is 86.7 Å². The second-order valence-electron chi connectivity index (χ2n) is 4.52. The number of hydrogen-bond donors (Lipinski definition) is 2. The van der Waals surface area contributed by atoms with Gasteiger partial charge in [-0.3, -0.25) is 19.3 Å². The second kappa shape index (κ2) is 5.78. The molecule has 1 aliphatic rings. The molecular formula is C13H13IN2O4. The van der Waals surface area contributed by atoms with Gasteiger partial charge in [0.25, 0.3) is 11.8 Å². The Labute approximate surface area is 129 Å². The largest absolute Gasteiger partial charge is 0.507 e. The first-order chi connectivity index (χ1) is 9.40. The molecule has 1 aliphatic heterocycles. The summed E-state index contributed by atoms with van der Waals surface area (Å²) in [6.07, 6.45) is 0.523. The highest BCUT2D eigenvalue weighted by Crippen LogP contribution is 2.21. The molecule has 1 aromatic rings. The van der Waals surface area contributed by atoms with Gasteiger partial charge in [0.2, 0.25) is 5.91 Å². The van der Waals surface area contributed by atoms with E-state index in [-0.39, 0.29) is 23.6 Å².